The van der Waals surface area contributed by atoms with E-state index in [0.29, 0.717) is 23.4 Å². The fourth-order valence-electron chi connectivity index (χ4n) is 3.84. The minimum Gasteiger partial charge on any atom is -0.489 e. The molecule has 0 saturated heterocycles. The number of benzene rings is 3. The van der Waals surface area contributed by atoms with E-state index >= 15 is 0 Å². The molecule has 3 aromatic carbocycles. The maximum Gasteiger partial charge on any atom is 0.337 e. The largest absolute Gasteiger partial charge is 0.489 e. The van der Waals surface area contributed by atoms with Crippen molar-refractivity contribution in [1.82, 2.24) is 14.1 Å². The van der Waals surface area contributed by atoms with Gasteiger partial charge >= 0.3 is 5.69 Å². The molecule has 168 valence electrons. The van der Waals surface area contributed by atoms with E-state index in [1.54, 1.807) is 30.3 Å². The maximum absolute atomic E-state index is 13.6. The average Bonchev–Trinajstić information content (AvgIpc) is 2.87. The molecule has 5 aromatic rings. The van der Waals surface area contributed by atoms with E-state index in [-0.39, 0.29) is 18.0 Å². The Hall–Kier alpha value is -4.65. The van der Waals surface area contributed by atoms with Crippen LogP contribution in [0.3, 0.4) is 0 Å². The molecular formula is C27H22N4O3. The van der Waals surface area contributed by atoms with Gasteiger partial charge in [-0.2, -0.15) is 0 Å². The average molecular weight is 450 g/mol. The predicted octanol–water partition coefficient (Wildman–Crippen LogP) is 3.76. The van der Waals surface area contributed by atoms with E-state index in [9.17, 15) is 9.59 Å². The Morgan fingerprint density at radius 2 is 1.50 bits per heavy atom. The number of fused-ring (bicyclic) bond motifs is 1. The van der Waals surface area contributed by atoms with Gasteiger partial charge in [-0.05, 0) is 35.4 Å². The van der Waals surface area contributed by atoms with Crippen molar-refractivity contribution in [2.45, 2.75) is 13.2 Å². The van der Waals surface area contributed by atoms with Gasteiger partial charge in [-0.25, -0.2) is 14.3 Å². The van der Waals surface area contributed by atoms with Crippen molar-refractivity contribution in [3.63, 3.8) is 0 Å². The predicted molar refractivity (Wildman–Crippen MR) is 132 cm³/mol. The van der Waals surface area contributed by atoms with E-state index in [1.807, 2.05) is 66.7 Å². The molecule has 0 bridgehead atoms. The van der Waals surface area contributed by atoms with E-state index < -0.39 is 11.2 Å². The summed E-state index contributed by atoms with van der Waals surface area (Å²) >= 11 is 0. The number of aromatic nitrogens is 3. The number of hydrogen-bond acceptors (Lipinski definition) is 5. The molecule has 5 rings (SSSR count). The highest BCUT2D eigenvalue weighted by molar-refractivity contribution is 5.77. The van der Waals surface area contributed by atoms with Crippen LogP contribution in [0.4, 0.5) is 5.82 Å². The fraction of sp³-hybridized carbons (Fsp3) is 0.0741. The van der Waals surface area contributed by atoms with Crippen LogP contribution in [0.2, 0.25) is 0 Å². The third-order valence-corrected chi connectivity index (χ3v) is 5.51. The lowest BCUT2D eigenvalue weighted by Crippen LogP contribution is -2.40. The van der Waals surface area contributed by atoms with Crippen LogP contribution in [-0.2, 0) is 13.2 Å². The number of nitrogens with two attached hydrogens (primary N) is 1. The van der Waals surface area contributed by atoms with Gasteiger partial charge < -0.3 is 10.5 Å². The number of nitrogen functional groups attached to an aromatic ring is 1. The molecule has 2 aromatic heterocycles. The first kappa shape index (κ1) is 21.2. The molecule has 0 unspecified atom stereocenters. The highest BCUT2D eigenvalue weighted by atomic mass is 16.5. The fourth-order valence-corrected chi connectivity index (χ4v) is 3.84. The van der Waals surface area contributed by atoms with Crippen molar-refractivity contribution >= 4 is 16.9 Å². The molecule has 0 aliphatic carbocycles. The first-order chi connectivity index (χ1) is 16.6. The van der Waals surface area contributed by atoms with Gasteiger partial charge in [0, 0.05) is 6.07 Å². The summed E-state index contributed by atoms with van der Waals surface area (Å²) in [6.45, 7) is 0.529. The van der Waals surface area contributed by atoms with Crippen LogP contribution < -0.4 is 21.7 Å². The van der Waals surface area contributed by atoms with E-state index in [1.165, 1.54) is 9.13 Å². The quantitative estimate of drug-likeness (QED) is 0.425. The van der Waals surface area contributed by atoms with Crippen LogP contribution in [0.15, 0.2) is 107 Å². The second kappa shape index (κ2) is 9.07. The molecule has 2 heterocycles. The summed E-state index contributed by atoms with van der Waals surface area (Å²) in [5.74, 6) is 0.809. The van der Waals surface area contributed by atoms with Gasteiger partial charge in [-0.3, -0.25) is 9.36 Å². The zero-order valence-corrected chi connectivity index (χ0v) is 18.3. The first-order valence-corrected chi connectivity index (χ1v) is 10.8. The van der Waals surface area contributed by atoms with Crippen molar-refractivity contribution in [3.8, 4) is 11.4 Å². The van der Waals surface area contributed by atoms with Gasteiger partial charge in [0.2, 0.25) is 0 Å². The number of ether oxygens (including phenoxy) is 1. The maximum atomic E-state index is 13.6. The van der Waals surface area contributed by atoms with Crippen molar-refractivity contribution in [2.24, 2.45) is 0 Å². The molecule has 2 N–H and O–H groups in total. The zero-order chi connectivity index (χ0) is 23.5. The Labute approximate surface area is 195 Å². The number of anilines is 1. The Morgan fingerprint density at radius 3 is 2.24 bits per heavy atom. The number of pyridine rings is 1. The molecule has 0 aliphatic rings. The van der Waals surface area contributed by atoms with Crippen molar-refractivity contribution in [3.05, 3.63) is 129 Å². The van der Waals surface area contributed by atoms with E-state index in [0.717, 1.165) is 11.1 Å². The van der Waals surface area contributed by atoms with Crippen LogP contribution in [0.5, 0.6) is 5.75 Å². The van der Waals surface area contributed by atoms with Crippen LogP contribution in [-0.4, -0.2) is 14.1 Å². The summed E-state index contributed by atoms with van der Waals surface area (Å²) in [7, 11) is 0. The van der Waals surface area contributed by atoms with E-state index in [2.05, 4.69) is 4.98 Å². The lowest BCUT2D eigenvalue weighted by molar-refractivity contribution is 0.306. The molecule has 0 saturated carbocycles. The van der Waals surface area contributed by atoms with Gasteiger partial charge in [-0.15, -0.1) is 0 Å². The highest BCUT2D eigenvalue weighted by Crippen LogP contribution is 2.20. The lowest BCUT2D eigenvalue weighted by atomic mass is 10.2. The molecule has 0 atom stereocenters. The van der Waals surface area contributed by atoms with Crippen molar-refractivity contribution in [2.75, 3.05) is 5.73 Å². The van der Waals surface area contributed by atoms with Gasteiger partial charge in [0.05, 0.1) is 17.6 Å². The Morgan fingerprint density at radius 1 is 0.794 bits per heavy atom. The monoisotopic (exact) mass is 450 g/mol. The minimum atomic E-state index is -0.500. The Kier molecular flexibility index (Phi) is 5.66. The molecule has 0 fully saturated rings. The molecule has 7 nitrogen and oxygen atoms in total. The van der Waals surface area contributed by atoms with Crippen LogP contribution in [0.1, 0.15) is 11.1 Å². The number of hydrogen-bond donors (Lipinski definition) is 1. The van der Waals surface area contributed by atoms with Crippen LogP contribution >= 0.6 is 0 Å². The van der Waals surface area contributed by atoms with Crippen LogP contribution in [0, 0.1) is 0 Å². The van der Waals surface area contributed by atoms with Crippen LogP contribution in [0.25, 0.3) is 16.7 Å². The molecule has 7 heteroatoms. The molecule has 0 radical (unpaired) electrons. The van der Waals surface area contributed by atoms with Gasteiger partial charge in [0.1, 0.15) is 18.2 Å². The zero-order valence-electron chi connectivity index (χ0n) is 18.3. The van der Waals surface area contributed by atoms with Gasteiger partial charge in [0.15, 0.2) is 5.65 Å². The van der Waals surface area contributed by atoms with E-state index in [4.69, 9.17) is 10.5 Å². The smallest absolute Gasteiger partial charge is 0.337 e. The summed E-state index contributed by atoms with van der Waals surface area (Å²) in [6, 6.07) is 29.5. The lowest BCUT2D eigenvalue weighted by Gasteiger charge is -2.15. The normalized spacial score (nSPS) is 10.9. The van der Waals surface area contributed by atoms with Crippen molar-refractivity contribution < 1.29 is 4.74 Å². The second-order valence-corrected chi connectivity index (χ2v) is 7.87. The number of nitrogens with zero attached hydrogens (tertiary/aromatic N) is 3. The summed E-state index contributed by atoms with van der Waals surface area (Å²) in [4.78, 5) is 31.2. The summed E-state index contributed by atoms with van der Waals surface area (Å²) in [5.41, 5.74) is 7.61. The third kappa shape index (κ3) is 4.19. The first-order valence-electron chi connectivity index (χ1n) is 10.8. The Bertz CT molecular complexity index is 1580. The molecular weight excluding hydrogens is 428 g/mol. The number of rotatable bonds is 6. The molecule has 0 amide bonds. The third-order valence-electron chi connectivity index (χ3n) is 5.51. The van der Waals surface area contributed by atoms with Gasteiger partial charge in [0.25, 0.3) is 5.56 Å². The summed E-state index contributed by atoms with van der Waals surface area (Å²) in [6.07, 6.45) is 0. The SMILES string of the molecule is Nc1ccc2c(=O)n(Cc3ccccc3)c(=O)n(-c3cccc(OCc4ccccc4)c3)c2n1. The molecule has 0 spiro atoms. The highest BCUT2D eigenvalue weighted by Gasteiger charge is 2.17. The summed E-state index contributed by atoms with van der Waals surface area (Å²) in [5, 5.41) is 0.306. The topological polar surface area (TPSA) is 92.1 Å². The molecule has 34 heavy (non-hydrogen) atoms. The molecule has 0 aliphatic heterocycles. The minimum absolute atomic E-state index is 0.142. The standard InChI is InChI=1S/C27H22N4O3/c28-24-15-14-23-25(29-24)31(27(33)30(26(23)32)17-19-8-3-1-4-9-19)21-12-7-13-22(16-21)34-18-20-10-5-2-6-11-20/h1-16H,17-18H2,(H2,28,29). The second-order valence-electron chi connectivity index (χ2n) is 7.87. The van der Waals surface area contributed by atoms with Gasteiger partial charge in [-0.1, -0.05) is 66.7 Å². The summed E-state index contributed by atoms with van der Waals surface area (Å²) < 4.78 is 8.57. The Balaban J connectivity index is 1.63. The van der Waals surface area contributed by atoms with Crippen molar-refractivity contribution in [1.29, 1.82) is 0 Å².